The van der Waals surface area contributed by atoms with Gasteiger partial charge in [-0.05, 0) is 0 Å². The maximum Gasteiger partial charge on any atom is 0.337 e. The normalized spacial score (nSPS) is 9.78. The Labute approximate surface area is 51.7 Å². The first kappa shape index (κ1) is 7.61. The molecule has 0 heterocycles. The predicted octanol–water partition coefficient (Wildman–Crippen LogP) is -0.989. The molecule has 3 amide bonds. The highest BCUT2D eigenvalue weighted by molar-refractivity contribution is 5.93. The van der Waals surface area contributed by atoms with Crippen LogP contribution in [-0.2, 0) is 4.79 Å². The Hall–Kier alpha value is -1.39. The molecule has 0 aromatic rings. The zero-order valence-electron chi connectivity index (χ0n) is 4.70. The second-order valence-electron chi connectivity index (χ2n) is 1.32. The van der Waals surface area contributed by atoms with E-state index in [1.165, 1.54) is 0 Å². The molecule has 50 valence electrons. The Bertz CT molecular complexity index is 152. The molecule has 0 saturated carbocycles. The first-order valence-electron chi connectivity index (χ1n) is 2.23. The van der Waals surface area contributed by atoms with E-state index in [9.17, 15) is 9.59 Å². The quantitative estimate of drug-likeness (QED) is 0.468. The maximum absolute atomic E-state index is 9.96. The highest BCUT2D eigenvalue weighted by atomic mass is 16.2. The van der Waals surface area contributed by atoms with E-state index in [2.05, 4.69) is 10.7 Å². The highest BCUT2D eigenvalue weighted by Gasteiger charge is 1.87. The van der Waals surface area contributed by atoms with E-state index < -0.39 is 11.9 Å². The van der Waals surface area contributed by atoms with Crippen LogP contribution in [0.15, 0.2) is 4.99 Å². The third-order valence-electron chi connectivity index (χ3n) is 0.511. The Morgan fingerprint density at radius 2 is 2.00 bits per heavy atom. The minimum Gasteiger partial charge on any atom is -0.369 e. The van der Waals surface area contributed by atoms with E-state index in [0.717, 1.165) is 6.21 Å². The van der Waals surface area contributed by atoms with E-state index in [1.807, 2.05) is 0 Å². The van der Waals surface area contributed by atoms with Crippen molar-refractivity contribution in [2.75, 3.05) is 0 Å². The molecule has 5 heteroatoms. The van der Waals surface area contributed by atoms with E-state index >= 15 is 0 Å². The van der Waals surface area contributed by atoms with Gasteiger partial charge in [0.05, 0.1) is 6.42 Å². The van der Waals surface area contributed by atoms with Crippen LogP contribution in [0.3, 0.4) is 0 Å². The topological polar surface area (TPSA) is 98.5 Å². The molecule has 9 heavy (non-hydrogen) atoms. The van der Waals surface area contributed by atoms with Gasteiger partial charge >= 0.3 is 6.03 Å². The molecule has 0 unspecified atom stereocenters. The van der Waals surface area contributed by atoms with Crippen LogP contribution in [0.1, 0.15) is 6.42 Å². The second-order valence-corrected chi connectivity index (χ2v) is 1.32. The van der Waals surface area contributed by atoms with E-state index in [1.54, 1.807) is 0 Å². The first-order chi connectivity index (χ1) is 4.13. The molecule has 0 aliphatic rings. The van der Waals surface area contributed by atoms with Gasteiger partial charge in [-0.1, -0.05) is 0 Å². The Kier molecular flexibility index (Phi) is 3.04. The summed E-state index contributed by atoms with van der Waals surface area (Å²) in [6.45, 7) is 0. The molecule has 4 N–H and O–H groups in total. The number of amides is 3. The van der Waals surface area contributed by atoms with Crippen LogP contribution < -0.4 is 11.5 Å². The SMILES string of the molecule is NC(=O)CC=NC(N)=O. The summed E-state index contributed by atoms with van der Waals surface area (Å²) in [5, 5.41) is 0. The third-order valence-corrected chi connectivity index (χ3v) is 0.511. The Morgan fingerprint density at radius 3 is 2.33 bits per heavy atom. The number of rotatable bonds is 2. The van der Waals surface area contributed by atoms with Gasteiger partial charge in [-0.3, -0.25) is 4.79 Å². The second kappa shape index (κ2) is 3.59. The standard InChI is InChI=1S/C4H7N3O2/c5-3(8)1-2-7-4(6)9/h2H,1H2,(H2,5,8)(H2,6,9). The molecule has 0 aliphatic heterocycles. The van der Waals surface area contributed by atoms with Crippen LogP contribution in [0.25, 0.3) is 0 Å². The number of hydrogen-bond donors (Lipinski definition) is 2. The zero-order valence-corrected chi connectivity index (χ0v) is 4.70. The number of primary amides is 2. The summed E-state index contributed by atoms with van der Waals surface area (Å²) >= 11 is 0. The van der Waals surface area contributed by atoms with Crippen molar-refractivity contribution in [3.63, 3.8) is 0 Å². The monoisotopic (exact) mass is 129 g/mol. The van der Waals surface area contributed by atoms with Crippen LogP contribution in [0.5, 0.6) is 0 Å². The largest absolute Gasteiger partial charge is 0.369 e. The summed E-state index contributed by atoms with van der Waals surface area (Å²) in [6, 6.07) is -0.823. The fourth-order valence-electron chi connectivity index (χ4n) is 0.226. The summed E-state index contributed by atoms with van der Waals surface area (Å²) in [5.74, 6) is -0.542. The average Bonchev–Trinajstić information content (AvgIpc) is 1.63. The smallest absolute Gasteiger partial charge is 0.337 e. The molecule has 0 aliphatic carbocycles. The Morgan fingerprint density at radius 1 is 1.44 bits per heavy atom. The fourth-order valence-corrected chi connectivity index (χ4v) is 0.226. The molecule has 5 nitrogen and oxygen atoms in total. The predicted molar refractivity (Wildman–Crippen MR) is 31.9 cm³/mol. The molecule has 0 fully saturated rings. The van der Waals surface area contributed by atoms with Crippen LogP contribution in [-0.4, -0.2) is 18.2 Å². The molecule has 0 atom stereocenters. The number of aliphatic imine (C=N–C) groups is 1. The van der Waals surface area contributed by atoms with Crippen LogP contribution in [0.2, 0.25) is 0 Å². The lowest BCUT2D eigenvalue weighted by Crippen LogP contribution is -2.11. The van der Waals surface area contributed by atoms with Crippen molar-refractivity contribution in [3.8, 4) is 0 Å². The van der Waals surface area contributed by atoms with Gasteiger partial charge in [0.1, 0.15) is 0 Å². The van der Waals surface area contributed by atoms with Crippen LogP contribution in [0, 0.1) is 0 Å². The first-order valence-corrected chi connectivity index (χ1v) is 2.23. The number of nitrogens with zero attached hydrogens (tertiary/aromatic N) is 1. The van der Waals surface area contributed by atoms with Crippen molar-refractivity contribution in [1.29, 1.82) is 0 Å². The minimum atomic E-state index is -0.823. The van der Waals surface area contributed by atoms with Gasteiger partial charge in [-0.15, -0.1) is 0 Å². The highest BCUT2D eigenvalue weighted by Crippen LogP contribution is 1.70. The van der Waals surface area contributed by atoms with Gasteiger partial charge in [-0.2, -0.15) is 0 Å². The van der Waals surface area contributed by atoms with Crippen molar-refractivity contribution >= 4 is 18.2 Å². The van der Waals surface area contributed by atoms with Gasteiger partial charge in [0.2, 0.25) is 5.91 Å². The fraction of sp³-hybridized carbons (Fsp3) is 0.250. The number of carbonyl (C=O) groups is 2. The van der Waals surface area contributed by atoms with Gasteiger partial charge in [0.25, 0.3) is 0 Å². The summed E-state index contributed by atoms with van der Waals surface area (Å²) in [7, 11) is 0. The summed E-state index contributed by atoms with van der Waals surface area (Å²) in [5.41, 5.74) is 9.29. The molecule has 0 spiro atoms. The van der Waals surface area contributed by atoms with Gasteiger partial charge in [0, 0.05) is 6.21 Å². The number of carbonyl (C=O) groups excluding carboxylic acids is 2. The van der Waals surface area contributed by atoms with Crippen molar-refractivity contribution in [3.05, 3.63) is 0 Å². The summed E-state index contributed by atoms with van der Waals surface area (Å²) < 4.78 is 0. The molecule has 0 bridgehead atoms. The van der Waals surface area contributed by atoms with Crippen molar-refractivity contribution in [2.24, 2.45) is 16.5 Å². The average molecular weight is 129 g/mol. The molecule has 0 saturated heterocycles. The molecule has 0 rings (SSSR count). The number of urea groups is 1. The molecule has 0 aromatic heterocycles. The molecular formula is C4H7N3O2. The van der Waals surface area contributed by atoms with Gasteiger partial charge < -0.3 is 11.5 Å². The van der Waals surface area contributed by atoms with Gasteiger partial charge in [-0.25, -0.2) is 9.79 Å². The van der Waals surface area contributed by atoms with Gasteiger partial charge in [0.15, 0.2) is 0 Å². The van der Waals surface area contributed by atoms with Crippen LogP contribution >= 0.6 is 0 Å². The molecule has 0 aromatic carbocycles. The number of nitrogens with two attached hydrogens (primary N) is 2. The lowest BCUT2D eigenvalue weighted by atomic mass is 10.4. The molecular weight excluding hydrogens is 122 g/mol. The number of hydrogen-bond acceptors (Lipinski definition) is 2. The van der Waals surface area contributed by atoms with E-state index in [-0.39, 0.29) is 6.42 Å². The van der Waals surface area contributed by atoms with Crippen molar-refractivity contribution in [1.82, 2.24) is 0 Å². The third kappa shape index (κ3) is 6.61. The van der Waals surface area contributed by atoms with E-state index in [4.69, 9.17) is 5.73 Å². The van der Waals surface area contributed by atoms with Crippen molar-refractivity contribution in [2.45, 2.75) is 6.42 Å². The Balaban J connectivity index is 3.48. The lowest BCUT2D eigenvalue weighted by molar-refractivity contribution is -0.116. The minimum absolute atomic E-state index is 0.0526. The summed E-state index contributed by atoms with van der Waals surface area (Å²) in [6.07, 6.45) is 1.02. The van der Waals surface area contributed by atoms with Crippen molar-refractivity contribution < 1.29 is 9.59 Å². The summed E-state index contributed by atoms with van der Waals surface area (Å²) in [4.78, 5) is 22.9. The van der Waals surface area contributed by atoms with Crippen LogP contribution in [0.4, 0.5) is 4.79 Å². The molecule has 0 radical (unpaired) electrons. The zero-order chi connectivity index (χ0) is 7.28. The van der Waals surface area contributed by atoms with E-state index in [0.29, 0.717) is 0 Å². The lowest BCUT2D eigenvalue weighted by Gasteiger charge is -1.81. The maximum atomic E-state index is 9.96.